The van der Waals surface area contributed by atoms with Gasteiger partial charge in [-0.15, -0.1) is 0 Å². The zero-order valence-corrected chi connectivity index (χ0v) is 13.0. The van der Waals surface area contributed by atoms with Crippen LogP contribution in [-0.2, 0) is 13.6 Å². The summed E-state index contributed by atoms with van der Waals surface area (Å²) in [6.45, 7) is 13.8. The number of rotatable bonds is 5. The van der Waals surface area contributed by atoms with Gasteiger partial charge in [-0.3, -0.25) is 4.68 Å². The van der Waals surface area contributed by atoms with Gasteiger partial charge in [-0.05, 0) is 41.7 Å². The topological polar surface area (TPSA) is 33.1 Å². The number of nitrogens with zero attached hydrogens (tertiary/aromatic N) is 3. The van der Waals surface area contributed by atoms with Crippen LogP contribution in [0, 0.1) is 13.8 Å². The number of aromatic nitrogens is 2. The summed E-state index contributed by atoms with van der Waals surface area (Å²) >= 11 is 0. The van der Waals surface area contributed by atoms with Crippen LogP contribution in [0.2, 0.25) is 0 Å². The van der Waals surface area contributed by atoms with Gasteiger partial charge in [0.25, 0.3) is 0 Å². The smallest absolute Gasteiger partial charge is 0.0641 e. The van der Waals surface area contributed by atoms with E-state index in [9.17, 15) is 0 Å². The molecule has 0 bridgehead atoms. The van der Waals surface area contributed by atoms with Gasteiger partial charge < -0.3 is 10.2 Å². The van der Waals surface area contributed by atoms with Crippen molar-refractivity contribution in [3.05, 3.63) is 17.0 Å². The Morgan fingerprint density at radius 1 is 1.28 bits per heavy atom. The maximum Gasteiger partial charge on any atom is 0.0641 e. The second kappa shape index (κ2) is 5.85. The summed E-state index contributed by atoms with van der Waals surface area (Å²) in [7, 11) is 4.17. The molecule has 1 aromatic heterocycles. The number of hydrogen-bond donors (Lipinski definition) is 1. The fourth-order valence-corrected chi connectivity index (χ4v) is 2.02. The molecular weight excluding hydrogens is 224 g/mol. The number of nitrogens with one attached hydrogen (secondary N) is 1. The molecule has 1 rings (SSSR count). The van der Waals surface area contributed by atoms with Crippen LogP contribution in [0.1, 0.15) is 37.7 Å². The third kappa shape index (κ3) is 4.42. The van der Waals surface area contributed by atoms with Gasteiger partial charge in [0.15, 0.2) is 0 Å². The predicted octanol–water partition coefficient (Wildman–Crippen LogP) is 1.86. The Labute approximate surface area is 111 Å². The van der Waals surface area contributed by atoms with Gasteiger partial charge in [-0.25, -0.2) is 0 Å². The van der Waals surface area contributed by atoms with E-state index in [2.05, 4.69) is 57.0 Å². The minimum absolute atomic E-state index is 0.195. The highest BCUT2D eigenvalue weighted by molar-refractivity contribution is 5.24. The summed E-state index contributed by atoms with van der Waals surface area (Å²) in [6, 6.07) is 0. The molecule has 0 fully saturated rings. The second-order valence-corrected chi connectivity index (χ2v) is 6.19. The van der Waals surface area contributed by atoms with Crippen molar-refractivity contribution in [1.82, 2.24) is 20.0 Å². The van der Waals surface area contributed by atoms with Crippen LogP contribution in [0.25, 0.3) is 0 Å². The molecule has 0 aliphatic rings. The van der Waals surface area contributed by atoms with Gasteiger partial charge in [0, 0.05) is 43.5 Å². The predicted molar refractivity (Wildman–Crippen MR) is 76.8 cm³/mol. The lowest BCUT2D eigenvalue weighted by Crippen LogP contribution is -2.40. The maximum atomic E-state index is 4.46. The van der Waals surface area contributed by atoms with Crippen LogP contribution in [0.4, 0.5) is 0 Å². The van der Waals surface area contributed by atoms with E-state index < -0.39 is 0 Å². The molecule has 0 radical (unpaired) electrons. The maximum absolute atomic E-state index is 4.46. The fourth-order valence-electron chi connectivity index (χ4n) is 2.02. The molecule has 0 atom stereocenters. The first-order valence-electron chi connectivity index (χ1n) is 6.63. The quantitative estimate of drug-likeness (QED) is 0.868. The van der Waals surface area contributed by atoms with E-state index in [1.165, 1.54) is 11.3 Å². The van der Waals surface area contributed by atoms with E-state index in [1.807, 2.05) is 11.7 Å². The van der Waals surface area contributed by atoms with Gasteiger partial charge in [-0.1, -0.05) is 0 Å². The standard InChI is InChI=1S/C14H28N4/c1-11-13(12(2)18(7)16-11)10-17(6)9-8-15-14(3,4)5/h15H,8-10H2,1-7H3. The first-order chi connectivity index (χ1) is 8.20. The van der Waals surface area contributed by atoms with Crippen LogP contribution in [0.3, 0.4) is 0 Å². The Morgan fingerprint density at radius 2 is 1.89 bits per heavy atom. The molecule has 18 heavy (non-hydrogen) atoms. The Morgan fingerprint density at radius 3 is 2.33 bits per heavy atom. The number of aryl methyl sites for hydroxylation is 2. The Bertz CT molecular complexity index is 387. The van der Waals surface area contributed by atoms with Gasteiger partial charge in [0.1, 0.15) is 0 Å². The summed E-state index contributed by atoms with van der Waals surface area (Å²) in [5, 5.41) is 7.97. The summed E-state index contributed by atoms with van der Waals surface area (Å²) in [4.78, 5) is 2.34. The average molecular weight is 252 g/mol. The monoisotopic (exact) mass is 252 g/mol. The SMILES string of the molecule is Cc1nn(C)c(C)c1CN(C)CCNC(C)(C)C. The van der Waals surface area contributed by atoms with Crippen LogP contribution in [0.15, 0.2) is 0 Å². The first-order valence-corrected chi connectivity index (χ1v) is 6.63. The van der Waals surface area contributed by atoms with Crippen molar-refractivity contribution in [1.29, 1.82) is 0 Å². The first kappa shape index (κ1) is 15.2. The van der Waals surface area contributed by atoms with Crippen LogP contribution < -0.4 is 5.32 Å². The minimum Gasteiger partial charge on any atom is -0.311 e. The summed E-state index contributed by atoms with van der Waals surface area (Å²) in [5.41, 5.74) is 3.96. The van der Waals surface area contributed by atoms with E-state index in [0.29, 0.717) is 0 Å². The summed E-state index contributed by atoms with van der Waals surface area (Å²) in [5.74, 6) is 0. The van der Waals surface area contributed by atoms with Gasteiger partial charge in [0.2, 0.25) is 0 Å². The third-order valence-electron chi connectivity index (χ3n) is 3.24. The molecule has 0 amide bonds. The highest BCUT2D eigenvalue weighted by atomic mass is 15.3. The van der Waals surface area contributed by atoms with E-state index in [-0.39, 0.29) is 5.54 Å². The molecule has 0 aromatic carbocycles. The Hall–Kier alpha value is -0.870. The summed E-state index contributed by atoms with van der Waals surface area (Å²) in [6.07, 6.45) is 0. The molecule has 0 saturated heterocycles. The molecule has 1 aromatic rings. The van der Waals surface area contributed by atoms with Gasteiger partial charge >= 0.3 is 0 Å². The van der Waals surface area contributed by atoms with Crippen molar-refractivity contribution < 1.29 is 0 Å². The lowest BCUT2D eigenvalue weighted by molar-refractivity contribution is 0.302. The molecule has 0 unspecified atom stereocenters. The van der Waals surface area contributed by atoms with E-state index in [4.69, 9.17) is 0 Å². The average Bonchev–Trinajstić information content (AvgIpc) is 2.43. The fraction of sp³-hybridized carbons (Fsp3) is 0.786. The molecular formula is C14H28N4. The van der Waals surface area contributed by atoms with E-state index >= 15 is 0 Å². The molecule has 4 nitrogen and oxygen atoms in total. The minimum atomic E-state index is 0.195. The van der Waals surface area contributed by atoms with Crippen molar-refractivity contribution in [2.75, 3.05) is 20.1 Å². The Kier molecular flexibility index (Phi) is 4.93. The molecule has 104 valence electrons. The van der Waals surface area contributed by atoms with Crippen molar-refractivity contribution >= 4 is 0 Å². The molecule has 0 aliphatic heterocycles. The molecule has 1 heterocycles. The van der Waals surface area contributed by atoms with Crippen molar-refractivity contribution in [2.45, 2.75) is 46.7 Å². The van der Waals surface area contributed by atoms with Crippen LogP contribution >= 0.6 is 0 Å². The molecule has 0 saturated carbocycles. The highest BCUT2D eigenvalue weighted by Crippen LogP contribution is 2.13. The van der Waals surface area contributed by atoms with Crippen LogP contribution in [0.5, 0.6) is 0 Å². The zero-order chi connectivity index (χ0) is 13.9. The normalized spacial score (nSPS) is 12.4. The van der Waals surface area contributed by atoms with E-state index in [1.54, 1.807) is 0 Å². The van der Waals surface area contributed by atoms with Gasteiger partial charge in [0.05, 0.1) is 5.69 Å². The summed E-state index contributed by atoms with van der Waals surface area (Å²) < 4.78 is 1.96. The second-order valence-electron chi connectivity index (χ2n) is 6.19. The lowest BCUT2D eigenvalue weighted by Gasteiger charge is -2.23. The largest absolute Gasteiger partial charge is 0.311 e. The highest BCUT2D eigenvalue weighted by Gasteiger charge is 2.12. The number of likely N-dealkylation sites (N-methyl/N-ethyl adjacent to an activating group) is 1. The third-order valence-corrected chi connectivity index (χ3v) is 3.24. The van der Waals surface area contributed by atoms with Gasteiger partial charge in [-0.2, -0.15) is 5.10 Å². The molecule has 4 heteroatoms. The molecule has 0 aliphatic carbocycles. The zero-order valence-electron chi connectivity index (χ0n) is 13.0. The van der Waals surface area contributed by atoms with Crippen molar-refractivity contribution in [3.63, 3.8) is 0 Å². The van der Waals surface area contributed by atoms with Crippen molar-refractivity contribution in [3.8, 4) is 0 Å². The number of hydrogen-bond acceptors (Lipinski definition) is 3. The van der Waals surface area contributed by atoms with E-state index in [0.717, 1.165) is 25.3 Å². The lowest BCUT2D eigenvalue weighted by atomic mass is 10.1. The Balaban J connectivity index is 2.47. The molecule has 0 spiro atoms. The van der Waals surface area contributed by atoms with Crippen molar-refractivity contribution in [2.24, 2.45) is 7.05 Å². The molecule has 1 N–H and O–H groups in total. The van der Waals surface area contributed by atoms with Crippen LogP contribution in [-0.4, -0.2) is 40.4 Å².